The number of hydrogen-bond donors (Lipinski definition) is 1. The maximum Gasteiger partial charge on any atom is 0.215 e. The number of aliphatic imine (C=N–C) groups is 2. The van der Waals surface area contributed by atoms with E-state index in [4.69, 9.17) is 9.98 Å². The van der Waals surface area contributed by atoms with Gasteiger partial charge < -0.3 is 12.4 Å². The molecule has 1 fully saturated rings. The maximum atomic E-state index is 5.09. The van der Waals surface area contributed by atoms with Crippen LogP contribution >= 0.6 is 0 Å². The molecule has 1 aromatic heterocycles. The highest BCUT2D eigenvalue weighted by Crippen LogP contribution is 2.35. The van der Waals surface area contributed by atoms with E-state index in [9.17, 15) is 0 Å². The molecule has 4 nitrogen and oxygen atoms in total. The molecule has 3 heterocycles. The van der Waals surface area contributed by atoms with Crippen molar-refractivity contribution in [3.05, 3.63) is 96.5 Å². The SMILES string of the molecule is C=C1CC(C2=NC(c3ccc4ccc(-c5ccccc5)nc4c3)=C3C=NC=C[NH+]23)C1.[Cl-]. The van der Waals surface area contributed by atoms with E-state index in [1.807, 2.05) is 30.6 Å². The molecule has 3 aromatic rings. The van der Waals surface area contributed by atoms with Crippen molar-refractivity contribution in [2.24, 2.45) is 15.9 Å². The van der Waals surface area contributed by atoms with Crippen LogP contribution in [0.4, 0.5) is 0 Å². The van der Waals surface area contributed by atoms with Crippen molar-refractivity contribution < 1.29 is 17.3 Å². The van der Waals surface area contributed by atoms with E-state index < -0.39 is 0 Å². The van der Waals surface area contributed by atoms with Crippen LogP contribution in [0.1, 0.15) is 18.4 Å². The number of aromatic nitrogens is 1. The van der Waals surface area contributed by atoms with Gasteiger partial charge in [0.25, 0.3) is 0 Å². The van der Waals surface area contributed by atoms with Gasteiger partial charge in [-0.25, -0.2) is 9.88 Å². The standard InChI is InChI=1S/C26H20N4.ClH/c1-17-13-21(14-17)26-29-25(24-16-27-11-12-30(24)26)20-8-7-19-9-10-22(28-23(19)15-20)18-5-3-2-4-6-18;/h2-12,15-16,21H,1,13-14H2;1H. The molecular weight excluding hydrogens is 404 g/mol. The molecule has 6 rings (SSSR count). The number of fused-ring (bicyclic) bond motifs is 2. The third-order valence-electron chi connectivity index (χ3n) is 6.08. The van der Waals surface area contributed by atoms with Gasteiger partial charge in [0.2, 0.25) is 5.84 Å². The fraction of sp³-hybridized carbons (Fsp3) is 0.115. The molecule has 3 aliphatic rings. The molecular formula is C26H21ClN4. The van der Waals surface area contributed by atoms with E-state index in [0.717, 1.165) is 52.0 Å². The summed E-state index contributed by atoms with van der Waals surface area (Å²) in [6.07, 6.45) is 7.96. The summed E-state index contributed by atoms with van der Waals surface area (Å²) in [4.78, 5) is 15.6. The summed E-state index contributed by atoms with van der Waals surface area (Å²) in [5.41, 5.74) is 7.60. The number of nitrogens with one attached hydrogen (secondary N) is 1. The molecule has 2 aliphatic heterocycles. The number of pyridine rings is 1. The highest BCUT2D eigenvalue weighted by molar-refractivity contribution is 6.00. The van der Waals surface area contributed by atoms with Crippen molar-refractivity contribution in [3.63, 3.8) is 0 Å². The first-order chi connectivity index (χ1) is 14.8. The zero-order valence-corrected chi connectivity index (χ0v) is 17.7. The predicted molar refractivity (Wildman–Crippen MR) is 122 cm³/mol. The largest absolute Gasteiger partial charge is 1.00 e. The Kier molecular flexibility index (Phi) is 4.89. The molecule has 0 bridgehead atoms. The first kappa shape index (κ1) is 19.6. The van der Waals surface area contributed by atoms with Gasteiger partial charge in [-0.2, -0.15) is 4.99 Å². The average molecular weight is 425 g/mol. The van der Waals surface area contributed by atoms with Crippen LogP contribution in [0.25, 0.3) is 27.9 Å². The van der Waals surface area contributed by atoms with Crippen molar-refractivity contribution in [1.82, 2.24) is 4.98 Å². The van der Waals surface area contributed by atoms with Crippen molar-refractivity contribution in [2.75, 3.05) is 0 Å². The van der Waals surface area contributed by atoms with Gasteiger partial charge in [0, 0.05) is 16.5 Å². The lowest BCUT2D eigenvalue weighted by Crippen LogP contribution is -3.09. The third-order valence-corrected chi connectivity index (χ3v) is 6.08. The van der Waals surface area contributed by atoms with Crippen LogP contribution in [-0.2, 0) is 0 Å². The maximum absolute atomic E-state index is 5.09. The number of quaternary nitrogens is 1. The predicted octanol–water partition coefficient (Wildman–Crippen LogP) is 1.39. The molecule has 1 N–H and O–H groups in total. The van der Waals surface area contributed by atoms with Gasteiger partial charge in [-0.1, -0.05) is 60.7 Å². The van der Waals surface area contributed by atoms with Crippen LogP contribution in [0.3, 0.4) is 0 Å². The van der Waals surface area contributed by atoms with Crippen LogP contribution in [0, 0.1) is 5.92 Å². The van der Waals surface area contributed by atoms with Crippen LogP contribution in [0.2, 0.25) is 0 Å². The zero-order chi connectivity index (χ0) is 20.1. The van der Waals surface area contributed by atoms with E-state index in [1.165, 1.54) is 16.3 Å². The Labute approximate surface area is 187 Å². The second kappa shape index (κ2) is 7.73. The third kappa shape index (κ3) is 3.34. The number of hydrogen-bond acceptors (Lipinski definition) is 3. The molecule has 0 radical (unpaired) electrons. The summed E-state index contributed by atoms with van der Waals surface area (Å²) in [5, 5.41) is 1.13. The van der Waals surface area contributed by atoms with Crippen LogP contribution in [0.15, 0.2) is 101 Å². The average Bonchev–Trinajstić information content (AvgIpc) is 3.16. The number of nitrogens with zero attached hydrogens (tertiary/aromatic N) is 3. The van der Waals surface area contributed by atoms with Crippen molar-refractivity contribution in [1.29, 1.82) is 0 Å². The Bertz CT molecular complexity index is 1310. The Morgan fingerprint density at radius 1 is 0.935 bits per heavy atom. The first-order valence-electron chi connectivity index (χ1n) is 10.3. The molecule has 5 heteroatoms. The fourth-order valence-electron chi connectivity index (χ4n) is 4.44. The Morgan fingerprint density at radius 2 is 1.74 bits per heavy atom. The number of allylic oxidation sites excluding steroid dienone is 2. The van der Waals surface area contributed by atoms with Crippen LogP contribution in [-0.4, -0.2) is 17.0 Å². The number of benzene rings is 2. The van der Waals surface area contributed by atoms with E-state index in [-0.39, 0.29) is 12.4 Å². The molecule has 1 saturated carbocycles. The summed E-state index contributed by atoms with van der Waals surface area (Å²) >= 11 is 0. The molecule has 152 valence electrons. The highest BCUT2D eigenvalue weighted by Gasteiger charge is 2.40. The van der Waals surface area contributed by atoms with Crippen LogP contribution < -0.4 is 17.3 Å². The van der Waals surface area contributed by atoms with Crippen LogP contribution in [0.5, 0.6) is 0 Å². The van der Waals surface area contributed by atoms with Gasteiger partial charge in [0.15, 0.2) is 5.70 Å². The lowest BCUT2D eigenvalue weighted by Gasteiger charge is -2.28. The molecule has 0 amide bonds. The minimum Gasteiger partial charge on any atom is -1.00 e. The first-order valence-corrected chi connectivity index (χ1v) is 10.3. The number of amidine groups is 1. The van der Waals surface area contributed by atoms with Gasteiger partial charge in [-0.3, -0.25) is 4.99 Å². The molecule has 2 aromatic carbocycles. The van der Waals surface area contributed by atoms with Gasteiger partial charge in [-0.05, 0) is 25.0 Å². The summed E-state index contributed by atoms with van der Waals surface area (Å²) < 4.78 is 0. The van der Waals surface area contributed by atoms with Gasteiger partial charge in [-0.15, -0.1) is 0 Å². The topological polar surface area (TPSA) is 42.0 Å². The van der Waals surface area contributed by atoms with E-state index in [0.29, 0.717) is 5.92 Å². The van der Waals surface area contributed by atoms with Gasteiger partial charge >= 0.3 is 0 Å². The summed E-state index contributed by atoms with van der Waals surface area (Å²) in [5.74, 6) is 1.65. The van der Waals surface area contributed by atoms with Gasteiger partial charge in [0.1, 0.15) is 11.9 Å². The Balaban J connectivity index is 0.00000204. The zero-order valence-electron chi connectivity index (χ0n) is 16.9. The quantitative estimate of drug-likeness (QED) is 0.634. The lowest BCUT2D eigenvalue weighted by molar-refractivity contribution is -0.693. The lowest BCUT2D eigenvalue weighted by atomic mass is 9.80. The summed E-state index contributed by atoms with van der Waals surface area (Å²) in [6, 6.07) is 20.9. The normalized spacial score (nSPS) is 19.8. The second-order valence-electron chi connectivity index (χ2n) is 8.09. The van der Waals surface area contributed by atoms with E-state index in [2.05, 4.69) is 60.2 Å². The molecule has 1 aliphatic carbocycles. The summed E-state index contributed by atoms with van der Waals surface area (Å²) in [6.45, 7) is 4.10. The minimum absolute atomic E-state index is 0. The van der Waals surface area contributed by atoms with E-state index >= 15 is 0 Å². The number of halogens is 1. The monoisotopic (exact) mass is 424 g/mol. The van der Waals surface area contributed by atoms with Crippen molar-refractivity contribution >= 4 is 28.7 Å². The molecule has 0 spiro atoms. The highest BCUT2D eigenvalue weighted by atomic mass is 35.5. The smallest absolute Gasteiger partial charge is 0.215 e. The molecule has 1 unspecified atom stereocenters. The molecule has 1 atom stereocenters. The summed E-state index contributed by atoms with van der Waals surface area (Å²) in [7, 11) is 0. The number of rotatable bonds is 3. The molecule has 31 heavy (non-hydrogen) atoms. The van der Waals surface area contributed by atoms with Crippen molar-refractivity contribution in [2.45, 2.75) is 12.8 Å². The fourth-order valence-corrected chi connectivity index (χ4v) is 4.44. The Morgan fingerprint density at radius 3 is 2.55 bits per heavy atom. The van der Waals surface area contributed by atoms with E-state index in [1.54, 1.807) is 0 Å². The second-order valence-corrected chi connectivity index (χ2v) is 8.09. The minimum atomic E-state index is 0. The van der Waals surface area contributed by atoms with Crippen molar-refractivity contribution in [3.8, 4) is 11.3 Å². The van der Waals surface area contributed by atoms with Gasteiger partial charge in [0.05, 0.1) is 29.5 Å². The molecule has 0 saturated heterocycles. The Hall–Kier alpha value is -3.34.